The van der Waals surface area contributed by atoms with Gasteiger partial charge in [-0.25, -0.2) is 0 Å². The number of rotatable bonds is 4. The van der Waals surface area contributed by atoms with Crippen LogP contribution in [0.4, 0.5) is 0 Å². The number of hydrogen-bond donors (Lipinski definition) is 1. The second-order valence-electron chi connectivity index (χ2n) is 11.9. The molecule has 0 aromatic heterocycles. The Morgan fingerprint density at radius 2 is 1.69 bits per heavy atom. The van der Waals surface area contributed by atoms with E-state index in [4.69, 9.17) is 0 Å². The SMILES string of the molecule is CC(C)[C@@H](C)C=C[C@@H](C)[C@H]1CC[C@H]2C3=CC=C4C[C@@H](O)CC[C@]4(C)C3CC[C@]12C. The minimum atomic E-state index is -0.116. The molecule has 8 atom stereocenters. The number of hydrogen-bond acceptors (Lipinski definition) is 1. The summed E-state index contributed by atoms with van der Waals surface area (Å²) in [7, 11) is 0. The van der Waals surface area contributed by atoms with Gasteiger partial charge in [0.05, 0.1) is 6.10 Å². The van der Waals surface area contributed by atoms with Crippen molar-refractivity contribution < 1.29 is 5.11 Å². The highest BCUT2D eigenvalue weighted by Crippen LogP contribution is 2.65. The first-order valence-electron chi connectivity index (χ1n) is 12.4. The number of fused-ring (bicyclic) bond motifs is 5. The summed E-state index contributed by atoms with van der Waals surface area (Å²) >= 11 is 0. The Morgan fingerprint density at radius 3 is 2.41 bits per heavy atom. The van der Waals surface area contributed by atoms with E-state index in [-0.39, 0.29) is 6.10 Å². The maximum atomic E-state index is 10.2. The van der Waals surface area contributed by atoms with Gasteiger partial charge in [-0.3, -0.25) is 0 Å². The standard InChI is InChI=1S/C28H44O/c1-18(2)19(3)7-8-20(4)24-11-12-25-23-10-9-21-17-22(29)13-15-27(21,5)26(23)14-16-28(24,25)6/h7-10,18-20,22,24-26,29H,11-17H2,1-6H3/t19-,20+,22-,24+,25-,26?,27-,28+/m0/s1. The predicted octanol–water partition coefficient (Wildman–Crippen LogP) is 7.33. The molecule has 1 nitrogen and oxygen atoms in total. The molecule has 3 fully saturated rings. The van der Waals surface area contributed by atoms with Gasteiger partial charge in [0, 0.05) is 0 Å². The summed E-state index contributed by atoms with van der Waals surface area (Å²) in [6.45, 7) is 14.6. The largest absolute Gasteiger partial charge is 0.393 e. The van der Waals surface area contributed by atoms with Gasteiger partial charge in [-0.1, -0.05) is 77.0 Å². The minimum Gasteiger partial charge on any atom is -0.393 e. The first kappa shape index (κ1) is 21.4. The summed E-state index contributed by atoms with van der Waals surface area (Å²) in [5.74, 6) is 4.38. The third kappa shape index (κ3) is 3.50. The molecular formula is C28H44O. The first-order chi connectivity index (χ1) is 13.7. The molecule has 162 valence electrons. The zero-order valence-electron chi connectivity index (χ0n) is 19.7. The van der Waals surface area contributed by atoms with E-state index >= 15 is 0 Å². The normalized spacial score (nSPS) is 44.0. The third-order valence-electron chi connectivity index (χ3n) is 10.0. The fourth-order valence-corrected chi connectivity index (χ4v) is 7.59. The lowest BCUT2D eigenvalue weighted by molar-refractivity contribution is 0.0382. The average molecular weight is 397 g/mol. The molecular weight excluding hydrogens is 352 g/mol. The van der Waals surface area contributed by atoms with Crippen LogP contribution in [0, 0.1) is 46.3 Å². The molecule has 0 aliphatic heterocycles. The highest BCUT2D eigenvalue weighted by Gasteiger charge is 2.56. The smallest absolute Gasteiger partial charge is 0.0578 e. The molecule has 0 aromatic rings. The number of aliphatic hydroxyl groups is 1. The number of aliphatic hydroxyl groups excluding tert-OH is 1. The summed E-state index contributed by atoms with van der Waals surface area (Å²) in [5.41, 5.74) is 4.07. The lowest BCUT2D eigenvalue weighted by Crippen LogP contribution is -2.46. The van der Waals surface area contributed by atoms with Crippen molar-refractivity contribution in [2.75, 3.05) is 0 Å². The van der Waals surface area contributed by atoms with Crippen molar-refractivity contribution in [2.45, 2.75) is 92.6 Å². The molecule has 4 aliphatic rings. The van der Waals surface area contributed by atoms with Crippen molar-refractivity contribution >= 4 is 0 Å². The summed E-state index contributed by atoms with van der Waals surface area (Å²) in [5, 5.41) is 10.2. The van der Waals surface area contributed by atoms with Crippen LogP contribution in [0.25, 0.3) is 0 Å². The second kappa shape index (κ2) is 7.70. The molecule has 0 bridgehead atoms. The van der Waals surface area contributed by atoms with Crippen LogP contribution >= 0.6 is 0 Å². The fraction of sp³-hybridized carbons (Fsp3) is 0.786. The van der Waals surface area contributed by atoms with Gasteiger partial charge in [0.1, 0.15) is 0 Å². The topological polar surface area (TPSA) is 20.2 Å². The van der Waals surface area contributed by atoms with Gasteiger partial charge in [0.15, 0.2) is 0 Å². The lowest BCUT2D eigenvalue weighted by Gasteiger charge is -2.55. The van der Waals surface area contributed by atoms with Crippen LogP contribution in [0.1, 0.15) is 86.5 Å². The molecule has 0 aromatic carbocycles. The van der Waals surface area contributed by atoms with Crippen LogP contribution in [0.3, 0.4) is 0 Å². The van der Waals surface area contributed by atoms with E-state index in [0.29, 0.717) is 22.7 Å². The molecule has 4 rings (SSSR count). The molecule has 1 unspecified atom stereocenters. The van der Waals surface area contributed by atoms with Crippen LogP contribution < -0.4 is 0 Å². The highest BCUT2D eigenvalue weighted by atomic mass is 16.3. The summed E-state index contributed by atoms with van der Waals surface area (Å²) in [4.78, 5) is 0. The molecule has 0 radical (unpaired) electrons. The zero-order chi connectivity index (χ0) is 21.0. The Balaban J connectivity index is 1.57. The van der Waals surface area contributed by atoms with E-state index in [9.17, 15) is 5.11 Å². The van der Waals surface area contributed by atoms with Crippen LogP contribution in [-0.4, -0.2) is 11.2 Å². The molecule has 0 amide bonds. The molecule has 1 heteroatoms. The van der Waals surface area contributed by atoms with Gasteiger partial charge in [-0.2, -0.15) is 0 Å². The lowest BCUT2D eigenvalue weighted by atomic mass is 9.50. The van der Waals surface area contributed by atoms with Crippen molar-refractivity contribution in [3.63, 3.8) is 0 Å². The Labute approximate surface area is 179 Å². The van der Waals surface area contributed by atoms with Gasteiger partial charge in [0.2, 0.25) is 0 Å². The van der Waals surface area contributed by atoms with Crippen LogP contribution in [0.15, 0.2) is 35.5 Å². The molecule has 1 N–H and O–H groups in total. The minimum absolute atomic E-state index is 0.116. The van der Waals surface area contributed by atoms with Crippen molar-refractivity contribution in [3.05, 3.63) is 35.5 Å². The molecule has 4 aliphatic carbocycles. The van der Waals surface area contributed by atoms with Crippen LogP contribution in [-0.2, 0) is 0 Å². The van der Waals surface area contributed by atoms with Crippen molar-refractivity contribution in [2.24, 2.45) is 46.3 Å². The Kier molecular flexibility index (Phi) is 5.69. The van der Waals surface area contributed by atoms with Crippen LogP contribution in [0.5, 0.6) is 0 Å². The van der Waals surface area contributed by atoms with Gasteiger partial charge in [-0.05, 0) is 91.3 Å². The monoisotopic (exact) mass is 396 g/mol. The zero-order valence-corrected chi connectivity index (χ0v) is 19.7. The van der Waals surface area contributed by atoms with Gasteiger partial charge in [0.25, 0.3) is 0 Å². The van der Waals surface area contributed by atoms with E-state index in [0.717, 1.165) is 36.5 Å². The van der Waals surface area contributed by atoms with Gasteiger partial charge < -0.3 is 5.11 Å². The second-order valence-corrected chi connectivity index (χ2v) is 11.9. The molecule has 0 spiro atoms. The summed E-state index contributed by atoms with van der Waals surface area (Å²) in [6, 6.07) is 0. The van der Waals surface area contributed by atoms with E-state index in [2.05, 4.69) is 65.8 Å². The molecule has 0 saturated heterocycles. The van der Waals surface area contributed by atoms with Crippen molar-refractivity contribution in [1.82, 2.24) is 0 Å². The summed E-state index contributed by atoms with van der Waals surface area (Å²) in [6.07, 6.45) is 18.4. The molecule has 29 heavy (non-hydrogen) atoms. The highest BCUT2D eigenvalue weighted by molar-refractivity contribution is 5.39. The molecule has 0 heterocycles. The molecule has 3 saturated carbocycles. The third-order valence-corrected chi connectivity index (χ3v) is 10.0. The van der Waals surface area contributed by atoms with Crippen molar-refractivity contribution in [3.8, 4) is 0 Å². The van der Waals surface area contributed by atoms with Gasteiger partial charge in [-0.15, -0.1) is 0 Å². The maximum absolute atomic E-state index is 10.2. The first-order valence-corrected chi connectivity index (χ1v) is 12.4. The van der Waals surface area contributed by atoms with E-state index in [1.165, 1.54) is 37.7 Å². The average Bonchev–Trinajstić information content (AvgIpc) is 3.03. The summed E-state index contributed by atoms with van der Waals surface area (Å²) < 4.78 is 0. The Hall–Kier alpha value is -0.820. The van der Waals surface area contributed by atoms with Crippen molar-refractivity contribution in [1.29, 1.82) is 0 Å². The fourth-order valence-electron chi connectivity index (χ4n) is 7.59. The Morgan fingerprint density at radius 1 is 0.931 bits per heavy atom. The maximum Gasteiger partial charge on any atom is 0.0578 e. The van der Waals surface area contributed by atoms with Crippen LogP contribution in [0.2, 0.25) is 0 Å². The van der Waals surface area contributed by atoms with E-state index < -0.39 is 0 Å². The van der Waals surface area contributed by atoms with E-state index in [1.807, 2.05) is 0 Å². The van der Waals surface area contributed by atoms with E-state index in [1.54, 1.807) is 5.57 Å². The van der Waals surface area contributed by atoms with Gasteiger partial charge >= 0.3 is 0 Å². The number of allylic oxidation sites excluding steroid dienone is 5. The Bertz CT molecular complexity index is 712. The predicted molar refractivity (Wildman–Crippen MR) is 123 cm³/mol. The quantitative estimate of drug-likeness (QED) is 0.493.